The summed E-state index contributed by atoms with van der Waals surface area (Å²) in [6.45, 7) is 8.23. The molecule has 0 saturated carbocycles. The lowest BCUT2D eigenvalue weighted by Gasteiger charge is -2.20. The molecule has 5 heteroatoms. The minimum Gasteiger partial charge on any atom is -0.459 e. The largest absolute Gasteiger partial charge is 0.459 e. The molecule has 0 aromatic carbocycles. The summed E-state index contributed by atoms with van der Waals surface area (Å²) in [5.41, 5.74) is 5.34. The highest BCUT2D eigenvalue weighted by Gasteiger charge is 2.19. The van der Waals surface area contributed by atoms with E-state index in [2.05, 4.69) is 19.1 Å². The van der Waals surface area contributed by atoms with E-state index in [1.54, 1.807) is 23.1 Å². The Kier molecular flexibility index (Phi) is 5.69. The van der Waals surface area contributed by atoms with E-state index in [1.807, 2.05) is 20.8 Å². The molecule has 0 fully saturated rings. The van der Waals surface area contributed by atoms with E-state index < -0.39 is 5.60 Å². The maximum Gasteiger partial charge on any atom is 0.316 e. The van der Waals surface area contributed by atoms with Crippen molar-refractivity contribution in [1.29, 1.82) is 0 Å². The number of nitrogens with two attached hydrogens (primary N) is 1. The Morgan fingerprint density at radius 3 is 2.61 bits per heavy atom. The lowest BCUT2D eigenvalue weighted by Crippen LogP contribution is -2.25. The number of hydrogen-bond donors (Lipinski definition) is 1. The summed E-state index contributed by atoms with van der Waals surface area (Å²) in [4.78, 5) is 14.1. The zero-order valence-corrected chi connectivity index (χ0v) is 13.0. The van der Waals surface area contributed by atoms with E-state index in [0.717, 1.165) is 0 Å². The Hall–Kier alpha value is -0.520. The Labute approximate surface area is 117 Å². The van der Waals surface area contributed by atoms with E-state index in [9.17, 15) is 4.79 Å². The van der Waals surface area contributed by atoms with Crippen molar-refractivity contribution < 1.29 is 9.53 Å². The second kappa shape index (κ2) is 6.59. The molecule has 0 radical (unpaired) electrons. The van der Waals surface area contributed by atoms with Crippen molar-refractivity contribution in [2.24, 2.45) is 5.73 Å². The molecule has 2 N–H and O–H groups in total. The Balaban J connectivity index is 2.48. The molecular formula is C13H21NO2S2. The molecule has 18 heavy (non-hydrogen) atoms. The molecule has 3 nitrogen and oxygen atoms in total. The SMILES string of the molecule is Cc1ccc(C(CN)SCC(=O)OC(C)(C)C)s1. The molecule has 1 aromatic rings. The van der Waals surface area contributed by atoms with Crippen LogP contribution in [0.4, 0.5) is 0 Å². The number of aryl methyl sites for hydroxylation is 1. The molecule has 1 rings (SSSR count). The number of hydrogen-bond acceptors (Lipinski definition) is 5. The average molecular weight is 287 g/mol. The average Bonchev–Trinajstić information content (AvgIpc) is 2.63. The third-order valence-electron chi connectivity index (χ3n) is 2.11. The number of carbonyl (C=O) groups is 1. The summed E-state index contributed by atoms with van der Waals surface area (Å²) in [7, 11) is 0. The van der Waals surface area contributed by atoms with Crippen LogP contribution in [-0.2, 0) is 9.53 Å². The molecule has 102 valence electrons. The fourth-order valence-electron chi connectivity index (χ4n) is 1.43. The van der Waals surface area contributed by atoms with Crippen molar-refractivity contribution >= 4 is 29.1 Å². The van der Waals surface area contributed by atoms with Crippen LogP contribution in [0.1, 0.15) is 35.8 Å². The minimum atomic E-state index is -0.421. The van der Waals surface area contributed by atoms with E-state index in [4.69, 9.17) is 10.5 Å². The van der Waals surface area contributed by atoms with Crippen molar-refractivity contribution in [3.05, 3.63) is 21.9 Å². The third-order valence-corrected chi connectivity index (χ3v) is 4.63. The highest BCUT2D eigenvalue weighted by atomic mass is 32.2. The molecule has 0 spiro atoms. The molecule has 0 amide bonds. The van der Waals surface area contributed by atoms with Gasteiger partial charge >= 0.3 is 5.97 Å². The molecule has 0 bridgehead atoms. The highest BCUT2D eigenvalue weighted by molar-refractivity contribution is 8.00. The van der Waals surface area contributed by atoms with E-state index >= 15 is 0 Å². The van der Waals surface area contributed by atoms with Gasteiger partial charge in [-0.25, -0.2) is 0 Å². The van der Waals surface area contributed by atoms with Gasteiger partial charge in [-0.3, -0.25) is 4.79 Å². The van der Waals surface area contributed by atoms with Gasteiger partial charge in [0.05, 0.1) is 11.0 Å². The van der Waals surface area contributed by atoms with E-state index in [0.29, 0.717) is 12.3 Å². The number of thioether (sulfide) groups is 1. The normalized spacial score (nSPS) is 13.4. The van der Waals surface area contributed by atoms with Crippen molar-refractivity contribution in [1.82, 2.24) is 0 Å². The van der Waals surface area contributed by atoms with Gasteiger partial charge in [0.15, 0.2) is 0 Å². The molecule has 1 unspecified atom stereocenters. The molecule has 1 heterocycles. The van der Waals surface area contributed by atoms with Gasteiger partial charge in [-0.1, -0.05) is 0 Å². The zero-order valence-electron chi connectivity index (χ0n) is 11.4. The third kappa shape index (κ3) is 5.42. The molecular weight excluding hydrogens is 266 g/mol. The Morgan fingerprint density at radius 2 is 2.17 bits per heavy atom. The fourth-order valence-corrected chi connectivity index (χ4v) is 3.43. The number of thiophene rings is 1. The molecule has 0 aliphatic heterocycles. The summed E-state index contributed by atoms with van der Waals surface area (Å²) in [6, 6.07) is 4.16. The summed E-state index contributed by atoms with van der Waals surface area (Å²) in [6.07, 6.45) is 0. The number of rotatable bonds is 5. The van der Waals surface area contributed by atoms with Crippen LogP contribution in [0.2, 0.25) is 0 Å². The number of carbonyl (C=O) groups excluding carboxylic acids is 1. The monoisotopic (exact) mass is 287 g/mol. The van der Waals surface area contributed by atoms with Gasteiger partial charge < -0.3 is 10.5 Å². The minimum absolute atomic E-state index is 0.177. The smallest absolute Gasteiger partial charge is 0.316 e. The standard InChI is InChI=1S/C13H21NO2S2/c1-9-5-6-10(18-9)11(7-14)17-8-12(15)16-13(2,3)4/h5-6,11H,7-8,14H2,1-4H3. The van der Waals surface area contributed by atoms with Crippen LogP contribution in [0.15, 0.2) is 12.1 Å². The maximum absolute atomic E-state index is 11.6. The molecule has 0 saturated heterocycles. The summed E-state index contributed by atoms with van der Waals surface area (Å²) in [5.74, 6) is 0.162. The predicted octanol–water partition coefficient (Wildman–Crippen LogP) is 3.13. The van der Waals surface area contributed by atoms with Crippen LogP contribution in [0, 0.1) is 6.92 Å². The lowest BCUT2D eigenvalue weighted by molar-refractivity contribution is -0.151. The fraction of sp³-hybridized carbons (Fsp3) is 0.615. The molecule has 0 aliphatic rings. The number of ether oxygens (including phenoxy) is 1. The van der Waals surface area contributed by atoms with Gasteiger partial charge in [-0.15, -0.1) is 23.1 Å². The first-order valence-electron chi connectivity index (χ1n) is 5.91. The second-order valence-corrected chi connectivity index (χ2v) is 7.58. The first-order valence-corrected chi connectivity index (χ1v) is 7.78. The summed E-state index contributed by atoms with van der Waals surface area (Å²) < 4.78 is 5.28. The summed E-state index contributed by atoms with van der Waals surface area (Å²) >= 11 is 3.28. The maximum atomic E-state index is 11.6. The summed E-state index contributed by atoms with van der Waals surface area (Å²) in [5, 5.41) is 0.177. The van der Waals surface area contributed by atoms with Crippen molar-refractivity contribution in [2.45, 2.75) is 38.5 Å². The zero-order chi connectivity index (χ0) is 13.8. The number of esters is 1. The van der Waals surface area contributed by atoms with Crippen LogP contribution in [0.3, 0.4) is 0 Å². The van der Waals surface area contributed by atoms with E-state index in [-0.39, 0.29) is 11.2 Å². The van der Waals surface area contributed by atoms with Crippen LogP contribution in [0.5, 0.6) is 0 Å². The topological polar surface area (TPSA) is 52.3 Å². The van der Waals surface area contributed by atoms with Gasteiger partial charge in [-0.2, -0.15) is 0 Å². The van der Waals surface area contributed by atoms with Crippen LogP contribution >= 0.6 is 23.1 Å². The van der Waals surface area contributed by atoms with Crippen LogP contribution in [-0.4, -0.2) is 23.9 Å². The highest BCUT2D eigenvalue weighted by Crippen LogP contribution is 2.32. The van der Waals surface area contributed by atoms with Gasteiger partial charge in [0, 0.05) is 16.3 Å². The van der Waals surface area contributed by atoms with Crippen molar-refractivity contribution in [3.63, 3.8) is 0 Å². The first kappa shape index (κ1) is 15.5. The van der Waals surface area contributed by atoms with Crippen molar-refractivity contribution in [3.8, 4) is 0 Å². The molecule has 0 aliphatic carbocycles. The lowest BCUT2D eigenvalue weighted by atomic mass is 10.2. The van der Waals surface area contributed by atoms with Gasteiger partial charge in [0.2, 0.25) is 0 Å². The second-order valence-electron chi connectivity index (χ2n) is 5.07. The quantitative estimate of drug-likeness (QED) is 0.845. The van der Waals surface area contributed by atoms with Crippen LogP contribution < -0.4 is 5.73 Å². The molecule has 1 aromatic heterocycles. The predicted molar refractivity (Wildman–Crippen MR) is 79.2 cm³/mol. The van der Waals surface area contributed by atoms with Crippen LogP contribution in [0.25, 0.3) is 0 Å². The first-order chi connectivity index (χ1) is 8.31. The van der Waals surface area contributed by atoms with E-state index in [1.165, 1.54) is 9.75 Å². The Bertz CT molecular complexity index is 396. The Morgan fingerprint density at radius 1 is 1.50 bits per heavy atom. The van der Waals surface area contributed by atoms with Gasteiger partial charge in [-0.05, 0) is 39.8 Å². The van der Waals surface area contributed by atoms with Gasteiger partial charge in [0.25, 0.3) is 0 Å². The molecule has 1 atom stereocenters. The van der Waals surface area contributed by atoms with Gasteiger partial charge in [0.1, 0.15) is 5.60 Å². The van der Waals surface area contributed by atoms with Crippen molar-refractivity contribution in [2.75, 3.05) is 12.3 Å².